The van der Waals surface area contributed by atoms with Crippen molar-refractivity contribution in [3.05, 3.63) is 0 Å². The zero-order valence-electron chi connectivity index (χ0n) is 7.77. The minimum absolute atomic E-state index is 0.773. The highest BCUT2D eigenvalue weighted by Crippen LogP contribution is 2.07. The molecule has 1 aliphatic rings. The summed E-state index contributed by atoms with van der Waals surface area (Å²) in [7, 11) is 0. The van der Waals surface area contributed by atoms with E-state index in [-0.39, 0.29) is 0 Å². The van der Waals surface area contributed by atoms with Gasteiger partial charge in [-0.05, 0) is 32.5 Å². The van der Waals surface area contributed by atoms with E-state index in [0.717, 1.165) is 6.04 Å². The van der Waals surface area contributed by atoms with Crippen molar-refractivity contribution in [2.24, 2.45) is 0 Å². The number of nitrogens with zero attached hydrogens (tertiary/aromatic N) is 1. The molecule has 1 atom stereocenters. The van der Waals surface area contributed by atoms with Crippen LogP contribution in [0.2, 0.25) is 0 Å². The predicted octanol–water partition coefficient (Wildman–Crippen LogP) is 1.08. The molecule has 66 valence electrons. The molecule has 0 aliphatic carbocycles. The molecule has 0 amide bonds. The quantitative estimate of drug-likeness (QED) is 0.655. The number of hydrogen-bond acceptors (Lipinski definition) is 2. The fraction of sp³-hybridized carbons (Fsp3) is 1.00. The van der Waals surface area contributed by atoms with E-state index in [0.29, 0.717) is 0 Å². The van der Waals surface area contributed by atoms with Gasteiger partial charge in [-0.2, -0.15) is 0 Å². The van der Waals surface area contributed by atoms with Gasteiger partial charge in [0.25, 0.3) is 0 Å². The van der Waals surface area contributed by atoms with Gasteiger partial charge in [-0.25, -0.2) is 0 Å². The van der Waals surface area contributed by atoms with Crippen LogP contribution in [0.4, 0.5) is 0 Å². The van der Waals surface area contributed by atoms with Crippen molar-refractivity contribution in [3.8, 4) is 0 Å². The van der Waals surface area contributed by atoms with E-state index in [4.69, 9.17) is 0 Å². The molecule has 0 radical (unpaired) electrons. The van der Waals surface area contributed by atoms with Gasteiger partial charge in [0.05, 0.1) is 0 Å². The molecular weight excluding hydrogens is 136 g/mol. The molecule has 0 spiro atoms. The molecule has 1 heterocycles. The van der Waals surface area contributed by atoms with Crippen LogP contribution in [-0.4, -0.2) is 37.1 Å². The SMILES string of the molecule is CCCNC1CCN(CC)C1. The fourth-order valence-corrected chi connectivity index (χ4v) is 1.63. The van der Waals surface area contributed by atoms with Crippen molar-refractivity contribution in [1.29, 1.82) is 0 Å². The first-order chi connectivity index (χ1) is 5.36. The minimum atomic E-state index is 0.773. The van der Waals surface area contributed by atoms with Gasteiger partial charge in [0.2, 0.25) is 0 Å². The van der Waals surface area contributed by atoms with Crippen LogP contribution in [0.3, 0.4) is 0 Å². The summed E-state index contributed by atoms with van der Waals surface area (Å²) >= 11 is 0. The Balaban J connectivity index is 2.09. The topological polar surface area (TPSA) is 15.3 Å². The molecule has 0 saturated carbocycles. The van der Waals surface area contributed by atoms with Gasteiger partial charge in [0, 0.05) is 12.6 Å². The maximum atomic E-state index is 3.55. The molecule has 0 aromatic heterocycles. The Hall–Kier alpha value is -0.0800. The normalized spacial score (nSPS) is 26.2. The molecule has 1 saturated heterocycles. The lowest BCUT2D eigenvalue weighted by atomic mass is 10.2. The molecule has 0 aromatic rings. The van der Waals surface area contributed by atoms with Gasteiger partial charge >= 0.3 is 0 Å². The van der Waals surface area contributed by atoms with Crippen LogP contribution in [0, 0.1) is 0 Å². The number of likely N-dealkylation sites (tertiary alicyclic amines) is 1. The van der Waals surface area contributed by atoms with E-state index < -0.39 is 0 Å². The molecule has 0 bridgehead atoms. The third kappa shape index (κ3) is 2.80. The van der Waals surface area contributed by atoms with Gasteiger partial charge in [0.1, 0.15) is 0 Å². The number of nitrogens with one attached hydrogen (secondary N) is 1. The van der Waals surface area contributed by atoms with Gasteiger partial charge in [0.15, 0.2) is 0 Å². The van der Waals surface area contributed by atoms with Gasteiger partial charge < -0.3 is 10.2 Å². The molecule has 1 rings (SSSR count). The van der Waals surface area contributed by atoms with Crippen LogP contribution < -0.4 is 5.32 Å². The first-order valence-corrected chi connectivity index (χ1v) is 4.82. The summed E-state index contributed by atoms with van der Waals surface area (Å²) in [6, 6.07) is 0.773. The summed E-state index contributed by atoms with van der Waals surface area (Å²) in [5, 5.41) is 3.55. The Labute approximate surface area is 70.0 Å². The first-order valence-electron chi connectivity index (χ1n) is 4.82. The molecule has 1 N–H and O–H groups in total. The Bertz CT molecular complexity index is 104. The highest BCUT2D eigenvalue weighted by atomic mass is 15.2. The van der Waals surface area contributed by atoms with Crippen LogP contribution in [0.15, 0.2) is 0 Å². The van der Waals surface area contributed by atoms with E-state index in [9.17, 15) is 0 Å². The lowest BCUT2D eigenvalue weighted by molar-refractivity contribution is 0.346. The Morgan fingerprint density at radius 3 is 2.82 bits per heavy atom. The zero-order valence-corrected chi connectivity index (χ0v) is 7.77. The summed E-state index contributed by atoms with van der Waals surface area (Å²) in [6.07, 6.45) is 2.59. The van der Waals surface area contributed by atoms with Crippen LogP contribution in [0.1, 0.15) is 26.7 Å². The van der Waals surface area contributed by atoms with E-state index in [1.54, 1.807) is 0 Å². The lowest BCUT2D eigenvalue weighted by Crippen LogP contribution is -2.32. The smallest absolute Gasteiger partial charge is 0.0207 e. The Morgan fingerprint density at radius 1 is 1.45 bits per heavy atom. The van der Waals surface area contributed by atoms with Crippen LogP contribution >= 0.6 is 0 Å². The first kappa shape index (κ1) is 9.01. The van der Waals surface area contributed by atoms with Crippen molar-refractivity contribution < 1.29 is 0 Å². The highest BCUT2D eigenvalue weighted by molar-refractivity contribution is 4.79. The predicted molar refractivity (Wildman–Crippen MR) is 48.8 cm³/mol. The second-order valence-corrected chi connectivity index (χ2v) is 3.33. The molecule has 2 nitrogen and oxygen atoms in total. The lowest BCUT2D eigenvalue weighted by Gasteiger charge is -2.13. The van der Waals surface area contributed by atoms with Crippen LogP contribution in [-0.2, 0) is 0 Å². The van der Waals surface area contributed by atoms with Gasteiger partial charge in [-0.3, -0.25) is 0 Å². The molecule has 11 heavy (non-hydrogen) atoms. The van der Waals surface area contributed by atoms with Crippen LogP contribution in [0.25, 0.3) is 0 Å². The maximum Gasteiger partial charge on any atom is 0.0207 e. The summed E-state index contributed by atoms with van der Waals surface area (Å²) in [5.41, 5.74) is 0. The molecular formula is C9H20N2. The standard InChI is InChI=1S/C9H20N2/c1-3-6-10-9-5-7-11(4-2)8-9/h9-10H,3-8H2,1-2H3. The molecule has 1 unspecified atom stereocenters. The largest absolute Gasteiger partial charge is 0.313 e. The zero-order chi connectivity index (χ0) is 8.10. The van der Waals surface area contributed by atoms with E-state index in [2.05, 4.69) is 24.1 Å². The maximum absolute atomic E-state index is 3.55. The average Bonchev–Trinajstić information content (AvgIpc) is 2.48. The van der Waals surface area contributed by atoms with Crippen molar-refractivity contribution in [1.82, 2.24) is 10.2 Å². The van der Waals surface area contributed by atoms with E-state index >= 15 is 0 Å². The van der Waals surface area contributed by atoms with Crippen LogP contribution in [0.5, 0.6) is 0 Å². The van der Waals surface area contributed by atoms with E-state index in [1.807, 2.05) is 0 Å². The Kier molecular flexibility index (Phi) is 3.87. The Morgan fingerprint density at radius 2 is 2.27 bits per heavy atom. The van der Waals surface area contributed by atoms with Crippen molar-refractivity contribution in [2.45, 2.75) is 32.7 Å². The molecule has 1 fully saturated rings. The third-order valence-corrected chi connectivity index (χ3v) is 2.40. The second kappa shape index (κ2) is 4.73. The molecule has 1 aliphatic heterocycles. The average molecular weight is 156 g/mol. The monoisotopic (exact) mass is 156 g/mol. The van der Waals surface area contributed by atoms with Gasteiger partial charge in [-0.1, -0.05) is 13.8 Å². The summed E-state index contributed by atoms with van der Waals surface area (Å²) in [6.45, 7) is 9.41. The summed E-state index contributed by atoms with van der Waals surface area (Å²) < 4.78 is 0. The number of hydrogen-bond donors (Lipinski definition) is 1. The van der Waals surface area contributed by atoms with Crippen molar-refractivity contribution in [2.75, 3.05) is 26.2 Å². The second-order valence-electron chi connectivity index (χ2n) is 3.33. The number of likely N-dealkylation sites (N-methyl/N-ethyl adjacent to an activating group) is 1. The van der Waals surface area contributed by atoms with Crippen molar-refractivity contribution >= 4 is 0 Å². The molecule has 0 aromatic carbocycles. The summed E-state index contributed by atoms with van der Waals surface area (Å²) in [5.74, 6) is 0. The number of rotatable bonds is 4. The third-order valence-electron chi connectivity index (χ3n) is 2.40. The van der Waals surface area contributed by atoms with Gasteiger partial charge in [-0.15, -0.1) is 0 Å². The fourth-order valence-electron chi connectivity index (χ4n) is 1.63. The summed E-state index contributed by atoms with van der Waals surface area (Å²) in [4.78, 5) is 2.51. The highest BCUT2D eigenvalue weighted by Gasteiger charge is 2.19. The molecule has 2 heteroatoms. The van der Waals surface area contributed by atoms with E-state index in [1.165, 1.54) is 39.0 Å². The minimum Gasteiger partial charge on any atom is -0.313 e. The van der Waals surface area contributed by atoms with Crippen molar-refractivity contribution in [3.63, 3.8) is 0 Å².